The first-order valence-electron chi connectivity index (χ1n) is 5.34. The lowest BCUT2D eigenvalue weighted by atomic mass is 10.2. The number of hydrogen-bond donors (Lipinski definition) is 0. The van der Waals surface area contributed by atoms with Crippen molar-refractivity contribution in [3.63, 3.8) is 0 Å². The second kappa shape index (κ2) is 5.56. The topological polar surface area (TPSA) is 30.0 Å². The first kappa shape index (κ1) is 12.5. The molecule has 2 unspecified atom stereocenters. The molecule has 1 fully saturated rings. The monoisotopic (exact) mass is 273 g/mol. The third kappa shape index (κ3) is 3.02. The Morgan fingerprint density at radius 2 is 2.25 bits per heavy atom. The van der Waals surface area contributed by atoms with Crippen molar-refractivity contribution in [2.24, 2.45) is 0 Å². The number of rotatable bonds is 3. The smallest absolute Gasteiger partial charge is 0.153 e. The predicted octanol–water partition coefficient (Wildman–Crippen LogP) is 2.80. The van der Waals surface area contributed by atoms with Crippen LogP contribution in [0.1, 0.15) is 17.6 Å². The van der Waals surface area contributed by atoms with Gasteiger partial charge in [0, 0.05) is 27.8 Å². The molecule has 0 aliphatic carbocycles. The van der Waals surface area contributed by atoms with E-state index in [0.29, 0.717) is 17.5 Å². The SMILES string of the molecule is Cc1csc(CC(=O)C2SCCSC2C)n1. The fourth-order valence-corrected chi connectivity index (χ4v) is 5.24. The lowest BCUT2D eigenvalue weighted by molar-refractivity contribution is -0.117. The van der Waals surface area contributed by atoms with Crippen LogP contribution < -0.4 is 0 Å². The number of aromatic nitrogens is 1. The number of nitrogens with zero attached hydrogens (tertiary/aromatic N) is 1. The second-order valence-corrected chi connectivity index (χ2v) is 7.57. The Hall–Kier alpha value is -0.0000000000000000555. The Kier molecular flexibility index (Phi) is 4.33. The summed E-state index contributed by atoms with van der Waals surface area (Å²) in [6, 6.07) is 0. The zero-order valence-corrected chi connectivity index (χ0v) is 11.9. The molecule has 0 spiro atoms. The number of carbonyl (C=O) groups excluding carboxylic acids is 1. The molecule has 88 valence electrons. The maximum absolute atomic E-state index is 12.1. The van der Waals surface area contributed by atoms with Gasteiger partial charge in [0.25, 0.3) is 0 Å². The lowest BCUT2D eigenvalue weighted by Crippen LogP contribution is -2.32. The van der Waals surface area contributed by atoms with Crippen molar-refractivity contribution in [2.45, 2.75) is 30.8 Å². The number of Topliss-reactive ketones (excluding diaryl/α,β-unsaturated/α-hetero) is 1. The lowest BCUT2D eigenvalue weighted by Gasteiger charge is -2.26. The summed E-state index contributed by atoms with van der Waals surface area (Å²) in [5.41, 5.74) is 1.02. The van der Waals surface area contributed by atoms with E-state index in [2.05, 4.69) is 11.9 Å². The first-order valence-corrected chi connectivity index (χ1v) is 8.31. The first-order chi connectivity index (χ1) is 7.66. The van der Waals surface area contributed by atoms with Crippen LogP contribution >= 0.6 is 34.9 Å². The van der Waals surface area contributed by atoms with Crippen molar-refractivity contribution in [3.05, 3.63) is 16.1 Å². The van der Waals surface area contributed by atoms with Crippen LogP contribution in [-0.2, 0) is 11.2 Å². The van der Waals surface area contributed by atoms with E-state index in [0.717, 1.165) is 16.5 Å². The number of thiazole rings is 1. The maximum Gasteiger partial charge on any atom is 0.153 e. The fraction of sp³-hybridized carbons (Fsp3) is 0.636. The molecule has 1 aliphatic rings. The fourth-order valence-electron chi connectivity index (χ4n) is 1.72. The summed E-state index contributed by atoms with van der Waals surface area (Å²) in [4.78, 5) is 16.5. The van der Waals surface area contributed by atoms with Gasteiger partial charge in [-0.3, -0.25) is 4.79 Å². The van der Waals surface area contributed by atoms with E-state index in [1.807, 2.05) is 35.8 Å². The highest BCUT2D eigenvalue weighted by Gasteiger charge is 2.29. The number of ketones is 1. The Morgan fingerprint density at radius 3 is 2.88 bits per heavy atom. The molecule has 0 amide bonds. The number of carbonyl (C=O) groups is 1. The van der Waals surface area contributed by atoms with Crippen LogP contribution in [0.4, 0.5) is 0 Å². The molecule has 0 bridgehead atoms. The van der Waals surface area contributed by atoms with E-state index in [9.17, 15) is 4.79 Å². The quantitative estimate of drug-likeness (QED) is 0.847. The van der Waals surface area contributed by atoms with Gasteiger partial charge in [-0.25, -0.2) is 4.98 Å². The second-order valence-electron chi connectivity index (χ2n) is 3.89. The van der Waals surface area contributed by atoms with Crippen molar-refractivity contribution < 1.29 is 4.79 Å². The minimum Gasteiger partial charge on any atom is -0.298 e. The molecule has 2 heterocycles. The van der Waals surface area contributed by atoms with Gasteiger partial charge in [-0.2, -0.15) is 11.8 Å². The van der Waals surface area contributed by atoms with E-state index in [1.165, 1.54) is 5.75 Å². The molecular formula is C11H15NOS3. The molecule has 0 aromatic carbocycles. The summed E-state index contributed by atoms with van der Waals surface area (Å²) < 4.78 is 0. The van der Waals surface area contributed by atoms with Crippen molar-refractivity contribution in [2.75, 3.05) is 11.5 Å². The van der Waals surface area contributed by atoms with Gasteiger partial charge < -0.3 is 0 Å². The molecule has 1 aromatic heterocycles. The van der Waals surface area contributed by atoms with E-state index in [4.69, 9.17) is 0 Å². The molecular weight excluding hydrogens is 258 g/mol. The Balaban J connectivity index is 1.96. The highest BCUT2D eigenvalue weighted by molar-refractivity contribution is 8.07. The van der Waals surface area contributed by atoms with Crippen LogP contribution in [0.2, 0.25) is 0 Å². The van der Waals surface area contributed by atoms with Crippen molar-refractivity contribution >= 4 is 40.6 Å². The van der Waals surface area contributed by atoms with Crippen LogP contribution in [0.3, 0.4) is 0 Å². The summed E-state index contributed by atoms with van der Waals surface area (Å²) in [5, 5.41) is 3.59. The molecule has 16 heavy (non-hydrogen) atoms. The molecule has 1 aromatic rings. The number of hydrogen-bond acceptors (Lipinski definition) is 5. The van der Waals surface area contributed by atoms with Gasteiger partial charge in [-0.1, -0.05) is 6.92 Å². The zero-order chi connectivity index (χ0) is 11.5. The van der Waals surface area contributed by atoms with Crippen LogP contribution in [-0.4, -0.2) is 32.8 Å². The van der Waals surface area contributed by atoms with Gasteiger partial charge in [0.15, 0.2) is 5.78 Å². The van der Waals surface area contributed by atoms with Crippen LogP contribution in [0, 0.1) is 6.92 Å². The molecule has 0 saturated carbocycles. The van der Waals surface area contributed by atoms with Crippen molar-refractivity contribution in [3.8, 4) is 0 Å². The minimum atomic E-state index is 0.169. The van der Waals surface area contributed by atoms with Gasteiger partial charge in [0.1, 0.15) is 5.01 Å². The highest BCUT2D eigenvalue weighted by Crippen LogP contribution is 2.32. The minimum absolute atomic E-state index is 0.169. The van der Waals surface area contributed by atoms with Gasteiger partial charge in [0.05, 0.1) is 11.7 Å². The normalized spacial score (nSPS) is 25.6. The van der Waals surface area contributed by atoms with Gasteiger partial charge >= 0.3 is 0 Å². The van der Waals surface area contributed by atoms with Gasteiger partial charge in [0.2, 0.25) is 0 Å². The number of thioether (sulfide) groups is 2. The molecule has 2 rings (SSSR count). The van der Waals surface area contributed by atoms with Crippen LogP contribution in [0.5, 0.6) is 0 Å². The zero-order valence-electron chi connectivity index (χ0n) is 9.43. The molecule has 0 radical (unpaired) electrons. The molecule has 2 nitrogen and oxygen atoms in total. The largest absolute Gasteiger partial charge is 0.298 e. The summed E-state index contributed by atoms with van der Waals surface area (Å²) in [6.45, 7) is 4.13. The maximum atomic E-state index is 12.1. The average molecular weight is 273 g/mol. The standard InChI is InChI=1S/C11H15NOS3/c1-7-6-16-10(12-7)5-9(13)11-8(2)14-3-4-15-11/h6,8,11H,3-5H2,1-2H3. The van der Waals surface area contributed by atoms with Gasteiger partial charge in [-0.05, 0) is 6.92 Å². The van der Waals surface area contributed by atoms with E-state index < -0.39 is 0 Å². The van der Waals surface area contributed by atoms with E-state index >= 15 is 0 Å². The predicted molar refractivity (Wildman–Crippen MR) is 73.7 cm³/mol. The number of aryl methyl sites for hydroxylation is 1. The summed E-state index contributed by atoms with van der Waals surface area (Å²) in [7, 11) is 0. The molecule has 0 N–H and O–H groups in total. The average Bonchev–Trinajstić information content (AvgIpc) is 2.64. The highest BCUT2D eigenvalue weighted by atomic mass is 32.2. The van der Waals surface area contributed by atoms with Crippen molar-refractivity contribution in [1.29, 1.82) is 0 Å². The third-order valence-corrected chi connectivity index (χ3v) is 6.60. The third-order valence-electron chi connectivity index (χ3n) is 2.50. The van der Waals surface area contributed by atoms with E-state index in [1.54, 1.807) is 11.3 Å². The van der Waals surface area contributed by atoms with Crippen LogP contribution in [0.25, 0.3) is 0 Å². The Bertz CT molecular complexity index is 377. The Labute approximate surface area is 109 Å². The summed E-state index contributed by atoms with van der Waals surface area (Å²) >= 11 is 5.32. The summed E-state index contributed by atoms with van der Waals surface area (Å²) in [6.07, 6.45) is 0.515. The summed E-state index contributed by atoms with van der Waals surface area (Å²) in [5.74, 6) is 2.62. The van der Waals surface area contributed by atoms with Gasteiger partial charge in [-0.15, -0.1) is 23.1 Å². The molecule has 5 heteroatoms. The molecule has 1 saturated heterocycles. The Morgan fingerprint density at radius 1 is 1.50 bits per heavy atom. The van der Waals surface area contributed by atoms with Crippen LogP contribution in [0.15, 0.2) is 5.38 Å². The van der Waals surface area contributed by atoms with Crippen molar-refractivity contribution in [1.82, 2.24) is 4.98 Å². The molecule has 2 atom stereocenters. The molecule has 1 aliphatic heterocycles. The van der Waals surface area contributed by atoms with E-state index in [-0.39, 0.29) is 5.25 Å².